The summed E-state index contributed by atoms with van der Waals surface area (Å²) in [6.07, 6.45) is 5.43. The number of sulfonamides is 1. The molecule has 3 rings (SSSR count). The molecule has 1 aromatic rings. The molecule has 0 aliphatic heterocycles. The van der Waals surface area contributed by atoms with Crippen LogP contribution in [0.1, 0.15) is 32.1 Å². The first kappa shape index (κ1) is 15.7. The van der Waals surface area contributed by atoms with Crippen LogP contribution < -0.4 is 4.72 Å². The first-order chi connectivity index (χ1) is 9.97. The molecule has 1 aromatic heterocycles. The van der Waals surface area contributed by atoms with E-state index in [-0.39, 0.29) is 11.5 Å². The molecular weight excluding hydrogens is 330 g/mol. The zero-order chi connectivity index (χ0) is 15.1. The summed E-state index contributed by atoms with van der Waals surface area (Å²) in [5.74, 6) is 0.430. The predicted octanol–water partition coefficient (Wildman–Crippen LogP) is 3.28. The van der Waals surface area contributed by atoms with E-state index in [0.29, 0.717) is 21.1 Å². The monoisotopic (exact) mass is 349 g/mol. The first-order valence-electron chi connectivity index (χ1n) is 7.23. The van der Waals surface area contributed by atoms with Gasteiger partial charge in [-0.25, -0.2) is 13.1 Å². The third-order valence-electron chi connectivity index (χ3n) is 4.92. The average molecular weight is 350 g/mol. The van der Waals surface area contributed by atoms with Crippen LogP contribution in [-0.2, 0) is 14.8 Å². The van der Waals surface area contributed by atoms with E-state index in [1.807, 2.05) is 0 Å². The van der Waals surface area contributed by atoms with Crippen molar-refractivity contribution in [3.63, 3.8) is 0 Å². The summed E-state index contributed by atoms with van der Waals surface area (Å²) in [6, 6.07) is 3.18. The van der Waals surface area contributed by atoms with Crippen molar-refractivity contribution < 1.29 is 13.2 Å². The molecule has 3 unspecified atom stereocenters. The highest BCUT2D eigenvalue weighted by atomic mass is 35.5. The highest BCUT2D eigenvalue weighted by Gasteiger charge is 2.52. The number of rotatable bonds is 5. The molecule has 7 heteroatoms. The summed E-state index contributed by atoms with van der Waals surface area (Å²) in [6.45, 7) is 0.627. The van der Waals surface area contributed by atoms with Gasteiger partial charge in [-0.3, -0.25) is 0 Å². The van der Waals surface area contributed by atoms with Gasteiger partial charge in [0.15, 0.2) is 0 Å². The molecule has 2 fully saturated rings. The van der Waals surface area contributed by atoms with E-state index in [2.05, 4.69) is 4.72 Å². The van der Waals surface area contributed by atoms with Crippen molar-refractivity contribution in [1.29, 1.82) is 0 Å². The Balaban J connectivity index is 1.86. The second kappa shape index (κ2) is 5.81. The van der Waals surface area contributed by atoms with Gasteiger partial charge in [0.1, 0.15) is 4.21 Å². The maximum absolute atomic E-state index is 12.6. The molecule has 0 aromatic carbocycles. The Morgan fingerprint density at radius 2 is 2.24 bits per heavy atom. The molecular formula is C14H20ClNO3S2. The van der Waals surface area contributed by atoms with Crippen molar-refractivity contribution in [3.8, 4) is 0 Å². The topological polar surface area (TPSA) is 55.4 Å². The number of thiophene rings is 1. The van der Waals surface area contributed by atoms with E-state index in [1.165, 1.54) is 0 Å². The Kier molecular flexibility index (Phi) is 4.36. The van der Waals surface area contributed by atoms with Crippen molar-refractivity contribution in [1.82, 2.24) is 4.72 Å². The number of nitrogens with one attached hydrogen (secondary N) is 1. The van der Waals surface area contributed by atoms with E-state index in [1.54, 1.807) is 19.2 Å². The van der Waals surface area contributed by atoms with Crippen molar-refractivity contribution in [2.45, 2.75) is 42.4 Å². The van der Waals surface area contributed by atoms with Gasteiger partial charge < -0.3 is 4.74 Å². The van der Waals surface area contributed by atoms with Crippen LogP contribution >= 0.6 is 22.9 Å². The van der Waals surface area contributed by atoms with Crippen molar-refractivity contribution in [2.24, 2.45) is 11.3 Å². The smallest absolute Gasteiger partial charge is 0.250 e. The molecule has 0 saturated heterocycles. The molecule has 2 saturated carbocycles. The molecule has 1 heterocycles. The number of ether oxygens (including phenoxy) is 1. The lowest BCUT2D eigenvalue weighted by Gasteiger charge is -2.40. The van der Waals surface area contributed by atoms with E-state index in [4.69, 9.17) is 16.3 Å². The van der Waals surface area contributed by atoms with Gasteiger partial charge in [-0.2, -0.15) is 0 Å². The Hall–Kier alpha value is -0.140. The maximum atomic E-state index is 12.6. The summed E-state index contributed by atoms with van der Waals surface area (Å²) in [7, 11) is -1.80. The molecule has 3 atom stereocenters. The van der Waals surface area contributed by atoms with Crippen LogP contribution in [0.5, 0.6) is 0 Å². The molecule has 2 aliphatic rings. The zero-order valence-electron chi connectivity index (χ0n) is 12.0. The van der Waals surface area contributed by atoms with Crippen LogP contribution in [0.2, 0.25) is 4.34 Å². The van der Waals surface area contributed by atoms with Gasteiger partial charge in [0.25, 0.3) is 0 Å². The largest absolute Gasteiger partial charge is 0.384 e. The normalized spacial score (nSPS) is 32.5. The SMILES string of the molecule is COCC12CCCC(CC1)C2NS(=O)(=O)c1ccc(Cl)s1. The highest BCUT2D eigenvalue weighted by molar-refractivity contribution is 7.91. The highest BCUT2D eigenvalue weighted by Crippen LogP contribution is 2.52. The Labute approximate surface area is 134 Å². The summed E-state index contributed by atoms with van der Waals surface area (Å²) in [4.78, 5) is 0. The molecule has 1 N–H and O–H groups in total. The van der Waals surface area contributed by atoms with Crippen LogP contribution in [0.25, 0.3) is 0 Å². The summed E-state index contributed by atoms with van der Waals surface area (Å²) in [5, 5.41) is 0. The Morgan fingerprint density at radius 1 is 1.43 bits per heavy atom. The third kappa shape index (κ3) is 2.88. The van der Waals surface area contributed by atoms with Gasteiger partial charge in [0.2, 0.25) is 10.0 Å². The van der Waals surface area contributed by atoms with E-state index in [0.717, 1.165) is 43.4 Å². The maximum Gasteiger partial charge on any atom is 0.250 e. The lowest BCUT2D eigenvalue weighted by atomic mass is 9.72. The zero-order valence-corrected chi connectivity index (χ0v) is 14.4. The number of hydrogen-bond acceptors (Lipinski definition) is 4. The first-order valence-corrected chi connectivity index (χ1v) is 9.91. The summed E-state index contributed by atoms with van der Waals surface area (Å²) >= 11 is 6.96. The second-order valence-electron chi connectivity index (χ2n) is 6.14. The van der Waals surface area contributed by atoms with Gasteiger partial charge >= 0.3 is 0 Å². The molecule has 0 amide bonds. The van der Waals surface area contributed by atoms with Crippen LogP contribution in [0, 0.1) is 11.3 Å². The van der Waals surface area contributed by atoms with Crippen LogP contribution in [-0.4, -0.2) is 28.2 Å². The standard InChI is InChI=1S/C14H20ClNO3S2/c1-19-9-14-7-2-3-10(6-8-14)13(14)16-21(17,18)12-5-4-11(15)20-12/h4-5,10,13,16H,2-3,6-9H2,1H3. The summed E-state index contributed by atoms with van der Waals surface area (Å²) in [5.41, 5.74) is -0.0359. The second-order valence-corrected chi connectivity index (χ2v) is 9.80. The van der Waals surface area contributed by atoms with E-state index >= 15 is 0 Å². The van der Waals surface area contributed by atoms with Crippen LogP contribution in [0.3, 0.4) is 0 Å². The predicted molar refractivity (Wildman–Crippen MR) is 84.3 cm³/mol. The number of fused-ring (bicyclic) bond motifs is 2. The van der Waals surface area contributed by atoms with Gasteiger partial charge in [0.05, 0.1) is 10.9 Å². The average Bonchev–Trinajstić information content (AvgIpc) is 2.92. The minimum absolute atomic E-state index is 0.0166. The number of halogens is 1. The molecule has 2 aliphatic carbocycles. The molecule has 118 valence electrons. The van der Waals surface area contributed by atoms with Gasteiger partial charge in [-0.05, 0) is 43.7 Å². The van der Waals surface area contributed by atoms with Crippen molar-refractivity contribution in [3.05, 3.63) is 16.5 Å². The fourth-order valence-corrected chi connectivity index (χ4v) is 6.92. The third-order valence-corrected chi connectivity index (χ3v) is 8.09. The number of hydrogen-bond donors (Lipinski definition) is 1. The van der Waals surface area contributed by atoms with Crippen molar-refractivity contribution >= 4 is 33.0 Å². The van der Waals surface area contributed by atoms with E-state index in [9.17, 15) is 8.42 Å². The lowest BCUT2D eigenvalue weighted by Crippen LogP contribution is -2.51. The lowest BCUT2D eigenvalue weighted by molar-refractivity contribution is 0.0396. The molecule has 4 nitrogen and oxygen atoms in total. The van der Waals surface area contributed by atoms with Gasteiger partial charge in [0, 0.05) is 18.6 Å². The van der Waals surface area contributed by atoms with Crippen molar-refractivity contribution in [2.75, 3.05) is 13.7 Å². The molecule has 0 radical (unpaired) electrons. The van der Waals surface area contributed by atoms with Crippen LogP contribution in [0.4, 0.5) is 0 Å². The number of methoxy groups -OCH3 is 1. The molecule has 0 spiro atoms. The Bertz CT molecular complexity index is 606. The molecule has 21 heavy (non-hydrogen) atoms. The quantitative estimate of drug-likeness (QED) is 0.887. The van der Waals surface area contributed by atoms with Gasteiger partial charge in [-0.1, -0.05) is 18.0 Å². The van der Waals surface area contributed by atoms with Crippen LogP contribution in [0.15, 0.2) is 16.3 Å². The summed E-state index contributed by atoms with van der Waals surface area (Å²) < 4.78 is 34.3. The Morgan fingerprint density at radius 3 is 2.90 bits per heavy atom. The fraction of sp³-hybridized carbons (Fsp3) is 0.714. The molecule has 2 bridgehead atoms. The minimum Gasteiger partial charge on any atom is -0.384 e. The van der Waals surface area contributed by atoms with Gasteiger partial charge in [-0.15, -0.1) is 11.3 Å². The van der Waals surface area contributed by atoms with E-state index < -0.39 is 10.0 Å². The fourth-order valence-electron chi connectivity index (χ4n) is 4.01. The minimum atomic E-state index is -3.49.